The Morgan fingerprint density at radius 3 is 2.72 bits per heavy atom. The molecule has 0 aliphatic rings. The Balaban J connectivity index is 2.10. The smallest absolute Gasteiger partial charge is 0.226 e. The lowest BCUT2D eigenvalue weighted by atomic mass is 10.2. The van der Waals surface area contributed by atoms with Gasteiger partial charge in [-0.1, -0.05) is 18.3 Å². The number of hydrogen-bond donors (Lipinski definition) is 2. The van der Waals surface area contributed by atoms with Crippen LogP contribution in [0.5, 0.6) is 0 Å². The molecule has 0 spiro atoms. The maximum Gasteiger partial charge on any atom is 0.226 e. The zero-order valence-corrected chi connectivity index (χ0v) is 10.8. The Bertz CT molecular complexity index is 535. The third-order valence-electron chi connectivity index (χ3n) is 2.31. The van der Waals surface area contributed by atoms with E-state index in [1.54, 1.807) is 0 Å². The highest BCUT2D eigenvalue weighted by Gasteiger charge is 2.08. The van der Waals surface area contributed by atoms with Crippen molar-refractivity contribution < 1.29 is 4.79 Å². The van der Waals surface area contributed by atoms with Gasteiger partial charge in [-0.3, -0.25) is 4.79 Å². The summed E-state index contributed by atoms with van der Waals surface area (Å²) in [6.45, 7) is 1.96. The molecule has 0 radical (unpaired) electrons. The van der Waals surface area contributed by atoms with E-state index >= 15 is 0 Å². The molecule has 0 saturated heterocycles. The number of rotatable bonds is 4. The summed E-state index contributed by atoms with van der Waals surface area (Å²) in [6.07, 6.45) is 1.31. The molecule has 0 aliphatic heterocycles. The van der Waals surface area contributed by atoms with Crippen molar-refractivity contribution in [3.8, 4) is 10.6 Å². The number of hydrogen-bond acceptors (Lipinski definition) is 5. The highest BCUT2D eigenvalue weighted by atomic mass is 32.1. The zero-order chi connectivity index (χ0) is 13.0. The molecular weight excluding hydrogens is 248 g/mol. The summed E-state index contributed by atoms with van der Waals surface area (Å²) in [7, 11) is 0. The molecule has 3 N–H and O–H groups in total. The van der Waals surface area contributed by atoms with Crippen molar-refractivity contribution in [2.45, 2.75) is 19.8 Å². The molecule has 0 aliphatic carbocycles. The number of nitrogens with two attached hydrogens (primary N) is 1. The highest BCUT2D eigenvalue weighted by Crippen LogP contribution is 2.26. The third-order valence-corrected chi connectivity index (χ3v) is 3.19. The van der Waals surface area contributed by atoms with Gasteiger partial charge in [0.05, 0.1) is 0 Å². The first kappa shape index (κ1) is 12.5. The van der Waals surface area contributed by atoms with Crippen LogP contribution in [-0.2, 0) is 4.79 Å². The topological polar surface area (TPSA) is 80.9 Å². The SMILES string of the molecule is CCCC(=O)Nc1nnc(-c2ccc(N)cc2)s1. The average Bonchev–Trinajstić information content (AvgIpc) is 2.78. The molecule has 0 unspecified atom stereocenters. The molecule has 0 bridgehead atoms. The molecule has 2 rings (SSSR count). The van der Waals surface area contributed by atoms with Crippen molar-refractivity contribution in [1.82, 2.24) is 10.2 Å². The molecule has 0 fully saturated rings. The largest absolute Gasteiger partial charge is 0.399 e. The van der Waals surface area contributed by atoms with Gasteiger partial charge in [-0.05, 0) is 30.7 Å². The number of nitrogens with zero attached hydrogens (tertiary/aromatic N) is 2. The number of amides is 1. The minimum Gasteiger partial charge on any atom is -0.399 e. The summed E-state index contributed by atoms with van der Waals surface area (Å²) in [5.41, 5.74) is 7.27. The molecule has 6 heteroatoms. The van der Waals surface area contributed by atoms with E-state index in [0.29, 0.717) is 17.2 Å². The maximum absolute atomic E-state index is 11.4. The normalized spacial score (nSPS) is 10.3. The standard InChI is InChI=1S/C12H14N4OS/c1-2-3-10(17)14-12-16-15-11(18-12)8-4-6-9(13)7-5-8/h4-7H,2-3,13H2,1H3,(H,14,16,17). The van der Waals surface area contributed by atoms with Crippen molar-refractivity contribution >= 4 is 28.1 Å². The van der Waals surface area contributed by atoms with E-state index in [1.807, 2.05) is 31.2 Å². The van der Waals surface area contributed by atoms with Crippen LogP contribution in [0.2, 0.25) is 0 Å². The molecule has 1 amide bonds. The van der Waals surface area contributed by atoms with Crippen LogP contribution in [0, 0.1) is 0 Å². The molecule has 1 aromatic carbocycles. The molecule has 1 heterocycles. The fraction of sp³-hybridized carbons (Fsp3) is 0.250. The van der Waals surface area contributed by atoms with Crippen LogP contribution in [0.4, 0.5) is 10.8 Å². The van der Waals surface area contributed by atoms with E-state index in [-0.39, 0.29) is 5.91 Å². The number of benzene rings is 1. The number of anilines is 2. The van der Waals surface area contributed by atoms with Gasteiger partial charge < -0.3 is 11.1 Å². The van der Waals surface area contributed by atoms with Crippen LogP contribution in [-0.4, -0.2) is 16.1 Å². The molecule has 1 aromatic heterocycles. The predicted molar refractivity (Wildman–Crippen MR) is 73.3 cm³/mol. The minimum absolute atomic E-state index is 0.0301. The second-order valence-corrected chi connectivity index (χ2v) is 4.81. The van der Waals surface area contributed by atoms with Gasteiger partial charge in [0.25, 0.3) is 0 Å². The fourth-order valence-corrected chi connectivity index (χ4v) is 2.19. The highest BCUT2D eigenvalue weighted by molar-refractivity contribution is 7.18. The van der Waals surface area contributed by atoms with Gasteiger partial charge in [0.15, 0.2) is 0 Å². The Morgan fingerprint density at radius 2 is 2.06 bits per heavy atom. The van der Waals surface area contributed by atoms with Gasteiger partial charge in [-0.2, -0.15) is 0 Å². The van der Waals surface area contributed by atoms with E-state index in [1.165, 1.54) is 11.3 Å². The Kier molecular flexibility index (Phi) is 3.88. The Hall–Kier alpha value is -1.95. The second kappa shape index (κ2) is 5.59. The third kappa shape index (κ3) is 3.04. The molecular formula is C12H14N4OS. The molecule has 0 atom stereocenters. The first-order valence-corrected chi connectivity index (χ1v) is 6.50. The molecule has 5 nitrogen and oxygen atoms in total. The quantitative estimate of drug-likeness (QED) is 0.830. The zero-order valence-electron chi connectivity index (χ0n) is 10.0. The summed E-state index contributed by atoms with van der Waals surface area (Å²) in [4.78, 5) is 11.4. The average molecular weight is 262 g/mol. The summed E-state index contributed by atoms with van der Waals surface area (Å²) in [6, 6.07) is 7.39. The second-order valence-electron chi connectivity index (χ2n) is 3.83. The number of carbonyl (C=O) groups excluding carboxylic acids is 1. The monoisotopic (exact) mass is 262 g/mol. The van der Waals surface area contributed by atoms with E-state index < -0.39 is 0 Å². The van der Waals surface area contributed by atoms with E-state index in [2.05, 4.69) is 15.5 Å². The van der Waals surface area contributed by atoms with Crippen LogP contribution in [0.3, 0.4) is 0 Å². The molecule has 18 heavy (non-hydrogen) atoms. The molecule has 94 valence electrons. The van der Waals surface area contributed by atoms with E-state index in [9.17, 15) is 4.79 Å². The van der Waals surface area contributed by atoms with Crippen molar-refractivity contribution in [3.05, 3.63) is 24.3 Å². The lowest BCUT2D eigenvalue weighted by Gasteiger charge is -1.97. The van der Waals surface area contributed by atoms with Gasteiger partial charge in [0.2, 0.25) is 11.0 Å². The predicted octanol–water partition coefficient (Wildman–Crippen LogP) is 2.53. The van der Waals surface area contributed by atoms with Gasteiger partial charge in [0, 0.05) is 17.7 Å². The van der Waals surface area contributed by atoms with Gasteiger partial charge in [0.1, 0.15) is 5.01 Å². The minimum atomic E-state index is -0.0301. The van der Waals surface area contributed by atoms with Crippen LogP contribution >= 0.6 is 11.3 Å². The van der Waals surface area contributed by atoms with Crippen molar-refractivity contribution in [2.24, 2.45) is 0 Å². The fourth-order valence-electron chi connectivity index (χ4n) is 1.42. The van der Waals surface area contributed by atoms with Crippen molar-refractivity contribution in [1.29, 1.82) is 0 Å². The summed E-state index contributed by atoms with van der Waals surface area (Å²) in [5, 5.41) is 12.0. The first-order chi connectivity index (χ1) is 8.69. The first-order valence-electron chi connectivity index (χ1n) is 5.68. The Labute approximate surface area is 109 Å². The number of nitrogens with one attached hydrogen (secondary N) is 1. The van der Waals surface area contributed by atoms with Gasteiger partial charge in [-0.25, -0.2) is 0 Å². The van der Waals surface area contributed by atoms with Crippen LogP contribution in [0.1, 0.15) is 19.8 Å². The molecule has 2 aromatic rings. The summed E-state index contributed by atoms with van der Waals surface area (Å²) >= 11 is 1.35. The summed E-state index contributed by atoms with van der Waals surface area (Å²) < 4.78 is 0. The van der Waals surface area contributed by atoms with E-state index in [4.69, 9.17) is 5.73 Å². The summed E-state index contributed by atoms with van der Waals surface area (Å²) in [5.74, 6) is -0.0301. The number of nitrogen functional groups attached to an aromatic ring is 1. The number of carbonyl (C=O) groups is 1. The van der Waals surface area contributed by atoms with Crippen molar-refractivity contribution in [2.75, 3.05) is 11.1 Å². The van der Waals surface area contributed by atoms with Gasteiger partial charge in [-0.15, -0.1) is 10.2 Å². The molecule has 0 saturated carbocycles. The van der Waals surface area contributed by atoms with Crippen LogP contribution in [0.25, 0.3) is 10.6 Å². The lowest BCUT2D eigenvalue weighted by molar-refractivity contribution is -0.116. The van der Waals surface area contributed by atoms with E-state index in [0.717, 1.165) is 17.0 Å². The van der Waals surface area contributed by atoms with Crippen LogP contribution < -0.4 is 11.1 Å². The number of aromatic nitrogens is 2. The van der Waals surface area contributed by atoms with Gasteiger partial charge >= 0.3 is 0 Å². The lowest BCUT2D eigenvalue weighted by Crippen LogP contribution is -2.10. The van der Waals surface area contributed by atoms with Crippen LogP contribution in [0.15, 0.2) is 24.3 Å². The van der Waals surface area contributed by atoms with Crippen molar-refractivity contribution in [3.63, 3.8) is 0 Å². The maximum atomic E-state index is 11.4. The Morgan fingerprint density at radius 1 is 1.33 bits per heavy atom.